The Morgan fingerprint density at radius 2 is 1.44 bits per heavy atom. The molecule has 5 unspecified atom stereocenters. The number of allylic oxidation sites excluding steroid dienone is 9. The number of aliphatic hydroxyl groups is 5. The molecule has 3 aliphatic rings. The van der Waals surface area contributed by atoms with Gasteiger partial charge in [0.15, 0.2) is 11.6 Å². The van der Waals surface area contributed by atoms with E-state index in [-0.39, 0.29) is 16.7 Å². The summed E-state index contributed by atoms with van der Waals surface area (Å²) in [5.41, 5.74) is -6.64. The summed E-state index contributed by atoms with van der Waals surface area (Å²) >= 11 is 0. The molecule has 2 aliphatic carbocycles. The van der Waals surface area contributed by atoms with Gasteiger partial charge in [0.05, 0.1) is 5.41 Å². The minimum absolute atomic E-state index is 0.124. The standard InChI is InChI=1S/C28H34O8/c1-7-9-11-13-18(29)17-15-25(4,34)28(35)26(5,24(17)33)22-20(19(30)14-12-10-8-2)21(31)16(3)23(32)27(22,6)36-28/h7-14,22,29-31,34-35H,15H2,1-6H3/b9-7?,10-8+,13-11?,14-12+,18-17?,20-19?. The Labute approximate surface area is 210 Å². The second-order valence-corrected chi connectivity index (χ2v) is 10.0. The van der Waals surface area contributed by atoms with E-state index in [1.807, 2.05) is 0 Å². The van der Waals surface area contributed by atoms with Crippen molar-refractivity contribution < 1.29 is 39.9 Å². The summed E-state index contributed by atoms with van der Waals surface area (Å²) in [6, 6.07) is 0. The number of hydrogen-bond donors (Lipinski definition) is 5. The first-order chi connectivity index (χ1) is 16.7. The van der Waals surface area contributed by atoms with Gasteiger partial charge in [-0.05, 0) is 53.7 Å². The van der Waals surface area contributed by atoms with E-state index in [0.29, 0.717) is 0 Å². The van der Waals surface area contributed by atoms with E-state index in [4.69, 9.17) is 4.74 Å². The smallest absolute Gasteiger partial charge is 0.209 e. The maximum absolute atomic E-state index is 14.1. The molecule has 5 atom stereocenters. The molecule has 194 valence electrons. The number of aliphatic hydroxyl groups excluding tert-OH is 3. The fraction of sp³-hybridized carbons (Fsp3) is 0.429. The summed E-state index contributed by atoms with van der Waals surface area (Å²) in [5.74, 6) is -6.90. The maximum atomic E-state index is 14.1. The summed E-state index contributed by atoms with van der Waals surface area (Å²) in [6.07, 6.45) is 11.8. The minimum atomic E-state index is -2.60. The monoisotopic (exact) mass is 498 g/mol. The van der Waals surface area contributed by atoms with Crippen LogP contribution in [0.1, 0.15) is 48.0 Å². The van der Waals surface area contributed by atoms with Crippen molar-refractivity contribution in [3.8, 4) is 0 Å². The molecule has 0 radical (unpaired) electrons. The Kier molecular flexibility index (Phi) is 6.87. The molecule has 8 nitrogen and oxygen atoms in total. The van der Waals surface area contributed by atoms with Crippen LogP contribution in [0.15, 0.2) is 82.6 Å². The van der Waals surface area contributed by atoms with Crippen molar-refractivity contribution in [2.45, 2.75) is 65.0 Å². The Balaban J connectivity index is 2.41. The van der Waals surface area contributed by atoms with Gasteiger partial charge in [0.2, 0.25) is 5.79 Å². The van der Waals surface area contributed by atoms with Gasteiger partial charge in [-0.2, -0.15) is 0 Å². The summed E-state index contributed by atoms with van der Waals surface area (Å²) < 4.78 is 5.97. The van der Waals surface area contributed by atoms with Crippen molar-refractivity contribution in [2.24, 2.45) is 11.3 Å². The summed E-state index contributed by atoms with van der Waals surface area (Å²) in [5, 5.41) is 56.1. The molecular weight excluding hydrogens is 464 g/mol. The molecule has 0 aromatic heterocycles. The topological polar surface area (TPSA) is 145 Å². The molecular formula is C28H34O8. The lowest BCUT2D eigenvalue weighted by Crippen LogP contribution is -2.68. The third-order valence-corrected chi connectivity index (χ3v) is 7.58. The number of carbonyl (C=O) groups is 2. The Morgan fingerprint density at radius 3 is 1.97 bits per heavy atom. The van der Waals surface area contributed by atoms with Crippen LogP contribution in [0, 0.1) is 11.3 Å². The zero-order valence-corrected chi connectivity index (χ0v) is 21.4. The fourth-order valence-electron chi connectivity index (χ4n) is 5.77. The summed E-state index contributed by atoms with van der Waals surface area (Å²) in [4.78, 5) is 27.5. The van der Waals surface area contributed by atoms with E-state index in [1.54, 1.807) is 38.2 Å². The third kappa shape index (κ3) is 3.55. The van der Waals surface area contributed by atoms with E-state index >= 15 is 0 Å². The van der Waals surface area contributed by atoms with Crippen molar-refractivity contribution in [3.05, 3.63) is 82.6 Å². The SMILES string of the molecule is CC=CC=CC(O)=C1CC(C)(O)C2(O)OC3(C)C(=O)C(C)=C(O)C(=C(O)/C=C/C=C/C)C3C2(C)C1=O. The van der Waals surface area contributed by atoms with Gasteiger partial charge in [-0.25, -0.2) is 0 Å². The predicted molar refractivity (Wildman–Crippen MR) is 134 cm³/mol. The zero-order chi connectivity index (χ0) is 27.3. The molecule has 0 aromatic rings. The van der Waals surface area contributed by atoms with Gasteiger partial charge < -0.3 is 30.3 Å². The van der Waals surface area contributed by atoms with Crippen LogP contribution in [0.25, 0.3) is 0 Å². The molecule has 36 heavy (non-hydrogen) atoms. The van der Waals surface area contributed by atoms with Gasteiger partial charge in [0.25, 0.3) is 0 Å². The molecule has 1 saturated heterocycles. The lowest BCUT2D eigenvalue weighted by Gasteiger charge is -2.51. The van der Waals surface area contributed by atoms with Crippen LogP contribution in [-0.2, 0) is 14.3 Å². The van der Waals surface area contributed by atoms with Crippen molar-refractivity contribution in [1.29, 1.82) is 0 Å². The van der Waals surface area contributed by atoms with Crippen molar-refractivity contribution in [2.75, 3.05) is 0 Å². The van der Waals surface area contributed by atoms with Gasteiger partial charge in [-0.3, -0.25) is 9.59 Å². The quantitative estimate of drug-likeness (QED) is 0.221. The average molecular weight is 499 g/mol. The van der Waals surface area contributed by atoms with Crippen LogP contribution in [0.3, 0.4) is 0 Å². The normalized spacial score (nSPS) is 40.2. The molecule has 5 N–H and O–H groups in total. The van der Waals surface area contributed by atoms with Crippen LogP contribution in [0.5, 0.6) is 0 Å². The molecule has 1 heterocycles. The zero-order valence-electron chi connectivity index (χ0n) is 21.4. The maximum Gasteiger partial charge on any atom is 0.209 e. The second kappa shape index (κ2) is 9.03. The van der Waals surface area contributed by atoms with Crippen LogP contribution in [0.2, 0.25) is 0 Å². The van der Waals surface area contributed by atoms with Crippen LogP contribution in [0.4, 0.5) is 0 Å². The van der Waals surface area contributed by atoms with E-state index in [2.05, 4.69) is 0 Å². The minimum Gasteiger partial charge on any atom is -0.508 e. The lowest BCUT2D eigenvalue weighted by atomic mass is 9.52. The van der Waals surface area contributed by atoms with Crippen molar-refractivity contribution in [1.82, 2.24) is 0 Å². The van der Waals surface area contributed by atoms with Crippen molar-refractivity contribution in [3.63, 3.8) is 0 Å². The molecule has 0 bridgehead atoms. The lowest BCUT2D eigenvalue weighted by molar-refractivity contribution is -0.326. The number of carbonyl (C=O) groups excluding carboxylic acids is 2. The Hall–Kier alpha value is -3.20. The summed E-state index contributed by atoms with van der Waals surface area (Å²) in [7, 11) is 0. The molecule has 3 rings (SSSR count). The highest BCUT2D eigenvalue weighted by Crippen LogP contribution is 2.67. The number of fused-ring (bicyclic) bond motifs is 3. The number of Topliss-reactive ketones (excluding diaryl/α,β-unsaturated/α-hetero) is 2. The van der Waals surface area contributed by atoms with Gasteiger partial charge >= 0.3 is 0 Å². The number of ketones is 2. The van der Waals surface area contributed by atoms with Gasteiger partial charge in [0.1, 0.15) is 28.5 Å². The first-order valence-electron chi connectivity index (χ1n) is 11.7. The largest absolute Gasteiger partial charge is 0.508 e. The number of hydrogen-bond acceptors (Lipinski definition) is 8. The van der Waals surface area contributed by atoms with Crippen LogP contribution >= 0.6 is 0 Å². The van der Waals surface area contributed by atoms with Crippen LogP contribution in [-0.4, -0.2) is 54.1 Å². The third-order valence-electron chi connectivity index (χ3n) is 7.58. The number of ether oxygens (including phenoxy) is 1. The van der Waals surface area contributed by atoms with Crippen LogP contribution < -0.4 is 0 Å². The molecule has 0 aromatic carbocycles. The van der Waals surface area contributed by atoms with E-state index < -0.39 is 63.6 Å². The molecule has 0 spiro atoms. The second-order valence-electron chi connectivity index (χ2n) is 10.0. The molecule has 1 aliphatic heterocycles. The van der Waals surface area contributed by atoms with Gasteiger partial charge in [-0.1, -0.05) is 36.5 Å². The average Bonchev–Trinajstić information content (AvgIpc) is 3.01. The predicted octanol–water partition coefficient (Wildman–Crippen LogP) is 4.11. The molecule has 8 heteroatoms. The molecule has 0 amide bonds. The Morgan fingerprint density at radius 1 is 0.917 bits per heavy atom. The molecule has 2 fully saturated rings. The highest BCUT2D eigenvalue weighted by atomic mass is 16.7. The fourth-order valence-corrected chi connectivity index (χ4v) is 5.77. The summed E-state index contributed by atoms with van der Waals surface area (Å²) in [6.45, 7) is 8.82. The van der Waals surface area contributed by atoms with E-state index in [1.165, 1.54) is 52.0 Å². The highest BCUT2D eigenvalue weighted by Gasteiger charge is 2.81. The van der Waals surface area contributed by atoms with Gasteiger partial charge in [-0.15, -0.1) is 0 Å². The first kappa shape index (κ1) is 27.4. The molecule has 1 saturated carbocycles. The van der Waals surface area contributed by atoms with E-state index in [0.717, 1.165) is 0 Å². The highest BCUT2D eigenvalue weighted by molar-refractivity contribution is 6.09. The first-order valence-corrected chi connectivity index (χ1v) is 11.7. The van der Waals surface area contributed by atoms with E-state index in [9.17, 15) is 35.1 Å². The van der Waals surface area contributed by atoms with Crippen molar-refractivity contribution >= 4 is 11.6 Å². The number of rotatable bonds is 4. The van der Waals surface area contributed by atoms with Gasteiger partial charge in [0, 0.05) is 29.1 Å². The Bertz CT molecular complexity index is 1210.